The summed E-state index contributed by atoms with van der Waals surface area (Å²) in [6.07, 6.45) is 6.44. The number of anilines is 1. The summed E-state index contributed by atoms with van der Waals surface area (Å²) in [5.41, 5.74) is 1.32. The Balaban J connectivity index is 1.36. The molecule has 0 radical (unpaired) electrons. The van der Waals surface area contributed by atoms with Crippen LogP contribution in [0.3, 0.4) is 0 Å². The number of hydrogen-bond donors (Lipinski definition) is 2. The van der Waals surface area contributed by atoms with Crippen molar-refractivity contribution in [2.24, 2.45) is 4.99 Å². The SMILES string of the molecule is CN=C(NCCCN1CCCCC1C)NC1CCN(c2ccccc2)C1. The van der Waals surface area contributed by atoms with Gasteiger partial charge in [0.25, 0.3) is 0 Å². The molecular weight excluding hydrogens is 322 g/mol. The Kier molecular flexibility index (Phi) is 7.18. The molecule has 1 aromatic carbocycles. The van der Waals surface area contributed by atoms with Gasteiger partial charge in [0, 0.05) is 51.0 Å². The lowest BCUT2D eigenvalue weighted by Gasteiger charge is -2.33. The number of rotatable bonds is 6. The van der Waals surface area contributed by atoms with Crippen LogP contribution in [0.1, 0.15) is 39.0 Å². The highest BCUT2D eigenvalue weighted by Gasteiger charge is 2.23. The van der Waals surface area contributed by atoms with Crippen molar-refractivity contribution in [3.63, 3.8) is 0 Å². The third kappa shape index (κ3) is 5.37. The van der Waals surface area contributed by atoms with Gasteiger partial charge in [-0.3, -0.25) is 4.99 Å². The highest BCUT2D eigenvalue weighted by molar-refractivity contribution is 5.80. The van der Waals surface area contributed by atoms with E-state index in [2.05, 4.69) is 62.7 Å². The van der Waals surface area contributed by atoms with Gasteiger partial charge in [-0.2, -0.15) is 0 Å². The van der Waals surface area contributed by atoms with E-state index in [0.717, 1.165) is 38.1 Å². The number of benzene rings is 1. The van der Waals surface area contributed by atoms with E-state index in [4.69, 9.17) is 0 Å². The zero-order valence-corrected chi connectivity index (χ0v) is 16.5. The maximum atomic E-state index is 4.41. The molecule has 2 heterocycles. The molecule has 26 heavy (non-hydrogen) atoms. The number of guanidine groups is 1. The van der Waals surface area contributed by atoms with Crippen molar-refractivity contribution in [1.29, 1.82) is 0 Å². The van der Waals surface area contributed by atoms with Crippen LogP contribution < -0.4 is 15.5 Å². The van der Waals surface area contributed by atoms with Gasteiger partial charge in [-0.15, -0.1) is 0 Å². The molecule has 2 unspecified atom stereocenters. The van der Waals surface area contributed by atoms with Crippen LogP contribution in [0.5, 0.6) is 0 Å². The van der Waals surface area contributed by atoms with Crippen molar-refractivity contribution in [2.75, 3.05) is 44.7 Å². The summed E-state index contributed by atoms with van der Waals surface area (Å²) in [6.45, 7) is 7.95. The van der Waals surface area contributed by atoms with Gasteiger partial charge in [0.1, 0.15) is 0 Å². The van der Waals surface area contributed by atoms with Crippen LogP contribution in [-0.4, -0.2) is 62.7 Å². The molecule has 0 bridgehead atoms. The average Bonchev–Trinajstić information content (AvgIpc) is 3.15. The molecule has 1 aromatic rings. The Morgan fingerprint density at radius 1 is 1.15 bits per heavy atom. The molecule has 2 aliphatic rings. The summed E-state index contributed by atoms with van der Waals surface area (Å²) in [6, 6.07) is 11.9. The van der Waals surface area contributed by atoms with Crippen molar-refractivity contribution in [1.82, 2.24) is 15.5 Å². The van der Waals surface area contributed by atoms with E-state index in [0.29, 0.717) is 6.04 Å². The summed E-state index contributed by atoms with van der Waals surface area (Å²) in [5.74, 6) is 0.941. The molecule has 2 fully saturated rings. The summed E-state index contributed by atoms with van der Waals surface area (Å²) in [4.78, 5) is 9.49. The molecule has 5 nitrogen and oxygen atoms in total. The normalized spacial score (nSPS) is 24.7. The second-order valence-corrected chi connectivity index (χ2v) is 7.64. The number of likely N-dealkylation sites (tertiary alicyclic amines) is 1. The van der Waals surface area contributed by atoms with E-state index in [9.17, 15) is 0 Å². The zero-order chi connectivity index (χ0) is 18.2. The second kappa shape index (κ2) is 9.81. The van der Waals surface area contributed by atoms with Crippen molar-refractivity contribution in [3.8, 4) is 0 Å². The first-order valence-electron chi connectivity index (χ1n) is 10.3. The minimum atomic E-state index is 0.462. The van der Waals surface area contributed by atoms with Crippen LogP contribution in [0.15, 0.2) is 35.3 Å². The lowest BCUT2D eigenvalue weighted by atomic mass is 10.0. The minimum absolute atomic E-state index is 0.462. The molecule has 0 spiro atoms. The molecule has 0 aliphatic carbocycles. The number of nitrogens with one attached hydrogen (secondary N) is 2. The number of hydrogen-bond acceptors (Lipinski definition) is 3. The third-order valence-corrected chi connectivity index (χ3v) is 5.73. The van der Waals surface area contributed by atoms with Gasteiger partial charge >= 0.3 is 0 Å². The molecule has 144 valence electrons. The van der Waals surface area contributed by atoms with E-state index in [1.54, 1.807) is 0 Å². The number of nitrogens with zero attached hydrogens (tertiary/aromatic N) is 3. The monoisotopic (exact) mass is 357 g/mol. The quantitative estimate of drug-likeness (QED) is 0.467. The van der Waals surface area contributed by atoms with Gasteiger partial charge < -0.3 is 20.4 Å². The molecule has 2 atom stereocenters. The Labute approximate surface area is 158 Å². The van der Waals surface area contributed by atoms with Gasteiger partial charge in [0.05, 0.1) is 0 Å². The Morgan fingerprint density at radius 2 is 2.00 bits per heavy atom. The predicted molar refractivity (Wildman–Crippen MR) is 111 cm³/mol. The summed E-state index contributed by atoms with van der Waals surface area (Å²) < 4.78 is 0. The van der Waals surface area contributed by atoms with E-state index < -0.39 is 0 Å². The van der Waals surface area contributed by atoms with Crippen LogP contribution in [0.4, 0.5) is 5.69 Å². The van der Waals surface area contributed by atoms with Crippen LogP contribution in [0.25, 0.3) is 0 Å². The first-order chi connectivity index (χ1) is 12.8. The van der Waals surface area contributed by atoms with E-state index >= 15 is 0 Å². The molecule has 5 heteroatoms. The first kappa shape index (κ1) is 19.0. The Morgan fingerprint density at radius 3 is 2.77 bits per heavy atom. The summed E-state index contributed by atoms with van der Waals surface area (Å²) >= 11 is 0. The first-order valence-corrected chi connectivity index (χ1v) is 10.3. The maximum Gasteiger partial charge on any atom is 0.191 e. The maximum absolute atomic E-state index is 4.41. The van der Waals surface area contributed by atoms with Crippen LogP contribution in [0, 0.1) is 0 Å². The smallest absolute Gasteiger partial charge is 0.191 e. The number of aliphatic imine (C=N–C) groups is 1. The summed E-state index contributed by atoms with van der Waals surface area (Å²) in [5, 5.41) is 7.10. The molecule has 0 amide bonds. The molecule has 2 saturated heterocycles. The Bertz CT molecular complexity index is 559. The van der Waals surface area contributed by atoms with Gasteiger partial charge in [0.2, 0.25) is 0 Å². The number of piperidine rings is 1. The highest BCUT2D eigenvalue weighted by atomic mass is 15.2. The molecule has 0 saturated carbocycles. The average molecular weight is 358 g/mol. The lowest BCUT2D eigenvalue weighted by Crippen LogP contribution is -2.45. The topological polar surface area (TPSA) is 42.9 Å². The largest absolute Gasteiger partial charge is 0.369 e. The third-order valence-electron chi connectivity index (χ3n) is 5.73. The molecule has 0 aromatic heterocycles. The van der Waals surface area contributed by atoms with E-state index in [1.807, 2.05) is 7.05 Å². The van der Waals surface area contributed by atoms with E-state index in [1.165, 1.54) is 44.5 Å². The van der Waals surface area contributed by atoms with Gasteiger partial charge in [-0.1, -0.05) is 24.6 Å². The fourth-order valence-corrected chi connectivity index (χ4v) is 4.12. The molecule has 2 N–H and O–H groups in total. The highest BCUT2D eigenvalue weighted by Crippen LogP contribution is 2.19. The van der Waals surface area contributed by atoms with Gasteiger partial charge in [-0.05, 0) is 51.3 Å². The van der Waals surface area contributed by atoms with Gasteiger partial charge in [-0.25, -0.2) is 0 Å². The minimum Gasteiger partial charge on any atom is -0.369 e. The van der Waals surface area contributed by atoms with Crippen LogP contribution in [-0.2, 0) is 0 Å². The fourth-order valence-electron chi connectivity index (χ4n) is 4.12. The van der Waals surface area contributed by atoms with Gasteiger partial charge in [0.15, 0.2) is 5.96 Å². The van der Waals surface area contributed by atoms with Crippen molar-refractivity contribution in [2.45, 2.75) is 51.1 Å². The molecule has 2 aliphatic heterocycles. The summed E-state index contributed by atoms with van der Waals surface area (Å²) in [7, 11) is 1.87. The zero-order valence-electron chi connectivity index (χ0n) is 16.5. The van der Waals surface area contributed by atoms with Crippen molar-refractivity contribution in [3.05, 3.63) is 30.3 Å². The predicted octanol–water partition coefficient (Wildman–Crippen LogP) is 2.69. The lowest BCUT2D eigenvalue weighted by molar-refractivity contribution is 0.159. The second-order valence-electron chi connectivity index (χ2n) is 7.64. The van der Waals surface area contributed by atoms with Crippen molar-refractivity contribution >= 4 is 11.6 Å². The fraction of sp³-hybridized carbons (Fsp3) is 0.667. The van der Waals surface area contributed by atoms with Crippen LogP contribution >= 0.6 is 0 Å². The molecular formula is C21H35N5. The van der Waals surface area contributed by atoms with Crippen molar-refractivity contribution < 1.29 is 0 Å². The standard InChI is InChI=1S/C21H35N5/c1-18-9-6-7-14-25(18)15-8-13-23-21(22-2)24-19-12-16-26(17-19)20-10-4-3-5-11-20/h3-5,10-11,18-19H,6-9,12-17H2,1-2H3,(H2,22,23,24). The Hall–Kier alpha value is -1.75. The number of para-hydroxylation sites is 1. The van der Waals surface area contributed by atoms with E-state index in [-0.39, 0.29) is 0 Å². The van der Waals surface area contributed by atoms with Crippen LogP contribution in [0.2, 0.25) is 0 Å². The molecule has 3 rings (SSSR count).